The van der Waals surface area contributed by atoms with E-state index in [0.29, 0.717) is 11.6 Å². The van der Waals surface area contributed by atoms with Gasteiger partial charge in [0, 0.05) is 31.2 Å². The molecule has 0 radical (unpaired) electrons. The molecule has 0 fully saturated rings. The Labute approximate surface area is 125 Å². The van der Waals surface area contributed by atoms with Gasteiger partial charge in [-0.05, 0) is 24.3 Å². The van der Waals surface area contributed by atoms with Gasteiger partial charge in [-0.15, -0.1) is 11.8 Å². The summed E-state index contributed by atoms with van der Waals surface area (Å²) in [6.45, 7) is 1.39. The van der Waals surface area contributed by atoms with Crippen LogP contribution in [0.15, 0.2) is 47.8 Å². The first-order chi connectivity index (χ1) is 10.1. The Bertz CT molecular complexity index is 544. The summed E-state index contributed by atoms with van der Waals surface area (Å²) in [6.07, 6.45) is -1.73. The molecule has 0 unspecified atom stereocenters. The average Bonchev–Trinajstić information content (AvgIpc) is 2.47. The van der Waals surface area contributed by atoms with E-state index in [1.54, 1.807) is 6.20 Å². The molecule has 0 aromatic carbocycles. The molecule has 2 aromatic heterocycles. The number of rotatable bonds is 6. The van der Waals surface area contributed by atoms with Crippen molar-refractivity contribution in [2.24, 2.45) is 0 Å². The highest BCUT2D eigenvalue weighted by Crippen LogP contribution is 2.29. The maximum Gasteiger partial charge on any atom is 0.417 e. The third-order valence-corrected chi connectivity index (χ3v) is 3.57. The van der Waals surface area contributed by atoms with Gasteiger partial charge in [0.25, 0.3) is 0 Å². The molecule has 0 aliphatic heterocycles. The van der Waals surface area contributed by atoms with E-state index in [-0.39, 0.29) is 0 Å². The maximum absolute atomic E-state index is 12.4. The summed E-state index contributed by atoms with van der Waals surface area (Å²) < 4.78 is 37.1. The van der Waals surface area contributed by atoms with Gasteiger partial charge in [-0.1, -0.05) is 6.07 Å². The molecule has 0 spiro atoms. The number of nitrogens with one attached hydrogen (secondary N) is 1. The van der Waals surface area contributed by atoms with Gasteiger partial charge in [0.1, 0.15) is 0 Å². The summed E-state index contributed by atoms with van der Waals surface area (Å²) in [7, 11) is 0. The van der Waals surface area contributed by atoms with E-state index in [9.17, 15) is 13.2 Å². The summed E-state index contributed by atoms with van der Waals surface area (Å²) >= 11 is 1.41. The lowest BCUT2D eigenvalue weighted by atomic mass is 10.3. The minimum atomic E-state index is -4.33. The highest BCUT2D eigenvalue weighted by Gasteiger charge is 2.30. The van der Waals surface area contributed by atoms with Crippen molar-refractivity contribution in [2.45, 2.75) is 17.7 Å². The molecular weight excluding hydrogens is 299 g/mol. The Kier molecular flexibility index (Phi) is 5.58. The van der Waals surface area contributed by atoms with Gasteiger partial charge >= 0.3 is 6.18 Å². The number of alkyl halides is 3. The standard InChI is InChI=1S/C14H14F3N3S/c15-14(16,17)11-4-5-13(20-9-11)21-8-7-18-10-12-3-1-2-6-19-12/h1-6,9,18H,7-8,10H2. The lowest BCUT2D eigenvalue weighted by molar-refractivity contribution is -0.137. The molecular formula is C14H14F3N3S. The molecule has 2 aromatic rings. The molecule has 112 valence electrons. The first-order valence-corrected chi connectivity index (χ1v) is 7.31. The number of hydrogen-bond acceptors (Lipinski definition) is 4. The normalized spacial score (nSPS) is 11.6. The molecule has 7 heteroatoms. The average molecular weight is 313 g/mol. The molecule has 0 saturated heterocycles. The highest BCUT2D eigenvalue weighted by atomic mass is 32.2. The lowest BCUT2D eigenvalue weighted by Gasteiger charge is -2.07. The van der Waals surface area contributed by atoms with Crippen molar-refractivity contribution in [2.75, 3.05) is 12.3 Å². The summed E-state index contributed by atoms with van der Waals surface area (Å²) in [4.78, 5) is 7.98. The highest BCUT2D eigenvalue weighted by molar-refractivity contribution is 7.99. The van der Waals surface area contributed by atoms with Gasteiger partial charge in [-0.25, -0.2) is 4.98 Å². The van der Waals surface area contributed by atoms with Crippen molar-refractivity contribution < 1.29 is 13.2 Å². The number of hydrogen-bond donors (Lipinski definition) is 1. The smallest absolute Gasteiger partial charge is 0.310 e. The van der Waals surface area contributed by atoms with Gasteiger partial charge in [-0.3, -0.25) is 4.98 Å². The second-order valence-corrected chi connectivity index (χ2v) is 5.34. The van der Waals surface area contributed by atoms with Gasteiger partial charge in [0.05, 0.1) is 16.3 Å². The Hall–Kier alpha value is -1.60. The van der Waals surface area contributed by atoms with Crippen LogP contribution in [0.4, 0.5) is 13.2 Å². The zero-order valence-electron chi connectivity index (χ0n) is 11.1. The van der Waals surface area contributed by atoms with Crippen LogP contribution in [-0.4, -0.2) is 22.3 Å². The minimum absolute atomic E-state index is 0.586. The first-order valence-electron chi connectivity index (χ1n) is 6.32. The number of aromatic nitrogens is 2. The van der Waals surface area contributed by atoms with Crippen LogP contribution in [0.1, 0.15) is 11.3 Å². The summed E-state index contributed by atoms with van der Waals surface area (Å²) in [6, 6.07) is 8.15. The lowest BCUT2D eigenvalue weighted by Crippen LogP contribution is -2.17. The van der Waals surface area contributed by atoms with Crippen molar-refractivity contribution in [1.29, 1.82) is 0 Å². The molecule has 0 amide bonds. The number of nitrogens with zero attached hydrogens (tertiary/aromatic N) is 2. The van der Waals surface area contributed by atoms with Crippen molar-refractivity contribution >= 4 is 11.8 Å². The molecule has 1 N–H and O–H groups in total. The van der Waals surface area contributed by atoms with Gasteiger partial charge in [-0.2, -0.15) is 13.2 Å². The van der Waals surface area contributed by atoms with Crippen LogP contribution < -0.4 is 5.32 Å². The third kappa shape index (κ3) is 5.35. The SMILES string of the molecule is FC(F)(F)c1ccc(SCCNCc2ccccn2)nc1. The molecule has 0 aliphatic rings. The zero-order chi connectivity index (χ0) is 15.1. The van der Waals surface area contributed by atoms with E-state index in [1.165, 1.54) is 17.8 Å². The van der Waals surface area contributed by atoms with Gasteiger partial charge in [0.2, 0.25) is 0 Å². The maximum atomic E-state index is 12.4. The van der Waals surface area contributed by atoms with Crippen molar-refractivity contribution in [3.05, 3.63) is 54.0 Å². The van der Waals surface area contributed by atoms with Crippen LogP contribution in [0.3, 0.4) is 0 Å². The largest absolute Gasteiger partial charge is 0.417 e. The van der Waals surface area contributed by atoms with E-state index in [2.05, 4.69) is 15.3 Å². The van der Waals surface area contributed by atoms with E-state index < -0.39 is 11.7 Å². The van der Waals surface area contributed by atoms with Crippen molar-refractivity contribution in [3.63, 3.8) is 0 Å². The molecule has 0 atom stereocenters. The fourth-order valence-corrected chi connectivity index (χ4v) is 2.33. The molecule has 2 rings (SSSR count). The van der Waals surface area contributed by atoms with E-state index in [4.69, 9.17) is 0 Å². The molecule has 3 nitrogen and oxygen atoms in total. The fourth-order valence-electron chi connectivity index (χ4n) is 1.58. The zero-order valence-corrected chi connectivity index (χ0v) is 11.9. The summed E-state index contributed by atoms with van der Waals surface area (Å²) in [5.74, 6) is 0.727. The van der Waals surface area contributed by atoms with Crippen LogP contribution in [0.25, 0.3) is 0 Å². The monoisotopic (exact) mass is 313 g/mol. The van der Waals surface area contributed by atoms with Crippen LogP contribution >= 0.6 is 11.8 Å². The van der Waals surface area contributed by atoms with Gasteiger partial charge in [0.15, 0.2) is 0 Å². The van der Waals surface area contributed by atoms with Crippen LogP contribution in [-0.2, 0) is 12.7 Å². The van der Waals surface area contributed by atoms with E-state index in [0.717, 1.165) is 30.3 Å². The van der Waals surface area contributed by atoms with Crippen LogP contribution in [0, 0.1) is 0 Å². The second kappa shape index (κ2) is 7.42. The molecule has 21 heavy (non-hydrogen) atoms. The Morgan fingerprint density at radius 2 is 1.95 bits per heavy atom. The number of thioether (sulfide) groups is 1. The topological polar surface area (TPSA) is 37.8 Å². The first kappa shape index (κ1) is 15.8. The molecule has 2 heterocycles. The van der Waals surface area contributed by atoms with Crippen molar-refractivity contribution in [3.8, 4) is 0 Å². The Balaban J connectivity index is 1.69. The van der Waals surface area contributed by atoms with E-state index >= 15 is 0 Å². The third-order valence-electron chi connectivity index (χ3n) is 2.62. The predicted molar refractivity (Wildman–Crippen MR) is 75.9 cm³/mol. The van der Waals surface area contributed by atoms with E-state index in [1.807, 2.05) is 18.2 Å². The molecule has 0 aliphatic carbocycles. The number of halogens is 3. The Morgan fingerprint density at radius 1 is 1.10 bits per heavy atom. The Morgan fingerprint density at radius 3 is 2.57 bits per heavy atom. The second-order valence-electron chi connectivity index (χ2n) is 4.23. The quantitative estimate of drug-likeness (QED) is 0.655. The van der Waals surface area contributed by atoms with Crippen molar-refractivity contribution in [1.82, 2.24) is 15.3 Å². The van der Waals surface area contributed by atoms with Gasteiger partial charge < -0.3 is 5.32 Å². The minimum Gasteiger partial charge on any atom is -0.310 e. The fraction of sp³-hybridized carbons (Fsp3) is 0.286. The predicted octanol–water partition coefficient (Wildman–Crippen LogP) is 3.38. The van der Waals surface area contributed by atoms with Crippen LogP contribution in [0.2, 0.25) is 0 Å². The number of pyridine rings is 2. The van der Waals surface area contributed by atoms with Crippen LogP contribution in [0.5, 0.6) is 0 Å². The molecule has 0 bridgehead atoms. The summed E-state index contributed by atoms with van der Waals surface area (Å²) in [5, 5.41) is 3.80. The molecule has 0 saturated carbocycles. The summed E-state index contributed by atoms with van der Waals surface area (Å²) in [5.41, 5.74) is 0.232.